The molecule has 122 valence electrons. The first-order valence-corrected chi connectivity index (χ1v) is 7.33. The van der Waals surface area contributed by atoms with E-state index in [1.165, 1.54) is 18.4 Å². The summed E-state index contributed by atoms with van der Waals surface area (Å²) in [7, 11) is 0. The van der Waals surface area contributed by atoms with Crippen LogP contribution in [0.4, 0.5) is 0 Å². The molecule has 3 rings (SSSR count). The van der Waals surface area contributed by atoms with Crippen molar-refractivity contribution >= 4 is 17.0 Å². The molecule has 0 fully saturated rings. The summed E-state index contributed by atoms with van der Waals surface area (Å²) in [6, 6.07) is 12.2. The maximum atomic E-state index is 11.2. The van der Waals surface area contributed by atoms with Gasteiger partial charge in [-0.1, -0.05) is 17.3 Å². The number of ether oxygens (including phenoxy) is 2. The summed E-state index contributed by atoms with van der Waals surface area (Å²) in [5.74, 6) is -0.138. The molecule has 0 unspecified atom stereocenters. The van der Waals surface area contributed by atoms with Gasteiger partial charge in [-0.15, -0.1) is 5.10 Å². The van der Waals surface area contributed by atoms with Crippen LogP contribution in [0.25, 0.3) is 16.7 Å². The lowest BCUT2D eigenvalue weighted by Crippen LogP contribution is -2.00. The summed E-state index contributed by atoms with van der Waals surface area (Å²) in [6.07, 6.45) is 2.37. The lowest BCUT2D eigenvalue weighted by Gasteiger charge is -2.07. The topological polar surface area (TPSA) is 86.5 Å². The summed E-state index contributed by atoms with van der Waals surface area (Å²) in [5, 5.41) is 18.3. The first-order chi connectivity index (χ1) is 11.7. The molecule has 0 aliphatic rings. The van der Waals surface area contributed by atoms with Crippen LogP contribution in [-0.4, -0.2) is 32.7 Å². The summed E-state index contributed by atoms with van der Waals surface area (Å²) in [5.41, 5.74) is 1.99. The molecule has 0 aliphatic heterocycles. The molecule has 0 radical (unpaired) electrons. The number of phenols is 1. The van der Waals surface area contributed by atoms with Gasteiger partial charge in [-0.05, 0) is 31.2 Å². The molecule has 24 heavy (non-hydrogen) atoms. The van der Waals surface area contributed by atoms with Crippen LogP contribution in [0.3, 0.4) is 0 Å². The van der Waals surface area contributed by atoms with E-state index < -0.39 is 5.97 Å². The largest absolute Gasteiger partial charge is 0.506 e. The zero-order valence-corrected chi connectivity index (χ0v) is 12.9. The molecule has 3 aromatic rings. The number of para-hydroxylation sites is 1. The van der Waals surface area contributed by atoms with Crippen LogP contribution < -0.4 is 4.74 Å². The van der Waals surface area contributed by atoms with E-state index >= 15 is 0 Å². The highest BCUT2D eigenvalue weighted by molar-refractivity contribution is 5.81. The molecule has 0 aliphatic carbocycles. The predicted molar refractivity (Wildman–Crippen MR) is 86.9 cm³/mol. The van der Waals surface area contributed by atoms with Gasteiger partial charge in [-0.25, -0.2) is 9.48 Å². The van der Waals surface area contributed by atoms with Crippen molar-refractivity contribution in [2.45, 2.75) is 6.92 Å². The minimum atomic E-state index is -0.493. The van der Waals surface area contributed by atoms with E-state index in [-0.39, 0.29) is 5.75 Å². The van der Waals surface area contributed by atoms with Crippen molar-refractivity contribution in [3.8, 4) is 17.2 Å². The number of nitrogens with zero attached hydrogens (tertiary/aromatic N) is 3. The monoisotopic (exact) mass is 325 g/mol. The average molecular weight is 325 g/mol. The number of carbonyl (C=O) groups excluding carboxylic acids is 1. The standard InChI is InChI=1S/C17H15N3O4/c1-2-23-17(22)9-10-24-12-7-8-15(16(21)11-12)20-14-6-4-3-5-13(14)18-19-20/h3-11,21H,2H2,1H3. The number of carbonyl (C=O) groups is 1. The Hall–Kier alpha value is -3.35. The van der Waals surface area contributed by atoms with Crippen LogP contribution in [0.1, 0.15) is 6.92 Å². The normalized spacial score (nSPS) is 11.0. The Labute approximate surface area is 137 Å². The number of hydrogen-bond donors (Lipinski definition) is 1. The van der Waals surface area contributed by atoms with Crippen molar-refractivity contribution in [3.05, 3.63) is 54.8 Å². The van der Waals surface area contributed by atoms with Gasteiger partial charge in [0.25, 0.3) is 0 Å². The molecule has 0 bridgehead atoms. The van der Waals surface area contributed by atoms with Crippen molar-refractivity contribution in [1.29, 1.82) is 0 Å². The molecule has 2 aromatic carbocycles. The number of phenolic OH excluding ortho intramolecular Hbond substituents is 1. The van der Waals surface area contributed by atoms with Gasteiger partial charge in [0.15, 0.2) is 0 Å². The second-order valence-electron chi connectivity index (χ2n) is 4.81. The zero-order chi connectivity index (χ0) is 16.9. The van der Waals surface area contributed by atoms with Crippen molar-refractivity contribution in [1.82, 2.24) is 15.0 Å². The van der Waals surface area contributed by atoms with Gasteiger partial charge < -0.3 is 14.6 Å². The van der Waals surface area contributed by atoms with Crippen LogP contribution in [0.2, 0.25) is 0 Å². The van der Waals surface area contributed by atoms with Crippen LogP contribution >= 0.6 is 0 Å². The SMILES string of the molecule is CCOC(=O)C=COc1ccc(-n2nnc3ccccc32)c(O)c1. The number of hydrogen-bond acceptors (Lipinski definition) is 6. The van der Waals surface area contributed by atoms with Crippen molar-refractivity contribution in [2.24, 2.45) is 0 Å². The Morgan fingerprint density at radius 3 is 2.92 bits per heavy atom. The molecule has 0 spiro atoms. The molecular formula is C17H15N3O4. The van der Waals surface area contributed by atoms with Gasteiger partial charge >= 0.3 is 5.97 Å². The summed E-state index contributed by atoms with van der Waals surface area (Å²) in [6.45, 7) is 2.02. The molecule has 0 saturated carbocycles. The van der Waals surface area contributed by atoms with Gasteiger partial charge in [0.05, 0.1) is 24.5 Å². The molecule has 1 aromatic heterocycles. The average Bonchev–Trinajstić information content (AvgIpc) is 2.99. The molecule has 1 heterocycles. The Bertz CT molecular complexity index is 902. The smallest absolute Gasteiger partial charge is 0.333 e. The summed E-state index contributed by atoms with van der Waals surface area (Å²) in [4.78, 5) is 11.2. The third-order valence-corrected chi connectivity index (χ3v) is 3.22. The zero-order valence-electron chi connectivity index (χ0n) is 12.9. The Kier molecular flexibility index (Phi) is 4.42. The molecule has 7 heteroatoms. The predicted octanol–water partition coefficient (Wildman–Crippen LogP) is 2.58. The van der Waals surface area contributed by atoms with Gasteiger partial charge in [0, 0.05) is 6.07 Å². The molecule has 7 nitrogen and oxygen atoms in total. The number of aromatic nitrogens is 3. The Morgan fingerprint density at radius 1 is 1.29 bits per heavy atom. The number of rotatable bonds is 5. The molecule has 1 N–H and O–H groups in total. The third-order valence-electron chi connectivity index (χ3n) is 3.22. The lowest BCUT2D eigenvalue weighted by molar-refractivity contribution is -0.137. The maximum absolute atomic E-state index is 11.2. The van der Waals surface area contributed by atoms with Crippen LogP contribution in [-0.2, 0) is 9.53 Å². The first kappa shape index (κ1) is 15.5. The summed E-state index contributed by atoms with van der Waals surface area (Å²) < 4.78 is 11.6. The highest BCUT2D eigenvalue weighted by Gasteiger charge is 2.10. The molecule has 0 amide bonds. The van der Waals surface area contributed by atoms with E-state index in [0.29, 0.717) is 18.0 Å². The van der Waals surface area contributed by atoms with Crippen LogP contribution in [0.15, 0.2) is 54.8 Å². The maximum Gasteiger partial charge on any atom is 0.333 e. The van der Waals surface area contributed by atoms with Gasteiger partial charge in [0.1, 0.15) is 22.7 Å². The van der Waals surface area contributed by atoms with E-state index in [9.17, 15) is 9.90 Å². The second kappa shape index (κ2) is 6.82. The number of benzene rings is 2. The molecule has 0 saturated heterocycles. The van der Waals surface area contributed by atoms with E-state index in [0.717, 1.165) is 11.0 Å². The molecule has 0 atom stereocenters. The van der Waals surface area contributed by atoms with E-state index in [1.54, 1.807) is 23.7 Å². The number of aromatic hydroxyl groups is 1. The van der Waals surface area contributed by atoms with Gasteiger partial charge in [-0.2, -0.15) is 0 Å². The highest BCUT2D eigenvalue weighted by Crippen LogP contribution is 2.28. The Morgan fingerprint density at radius 2 is 2.12 bits per heavy atom. The first-order valence-electron chi connectivity index (χ1n) is 7.33. The van der Waals surface area contributed by atoms with Crippen LogP contribution in [0.5, 0.6) is 11.5 Å². The van der Waals surface area contributed by atoms with Crippen molar-refractivity contribution in [3.63, 3.8) is 0 Å². The van der Waals surface area contributed by atoms with E-state index in [1.807, 2.05) is 24.3 Å². The second-order valence-corrected chi connectivity index (χ2v) is 4.81. The van der Waals surface area contributed by atoms with Gasteiger partial charge in [0.2, 0.25) is 0 Å². The molecular weight excluding hydrogens is 310 g/mol. The number of esters is 1. The quantitative estimate of drug-likeness (QED) is 0.441. The van der Waals surface area contributed by atoms with Gasteiger partial charge in [-0.3, -0.25) is 0 Å². The third kappa shape index (κ3) is 3.19. The number of fused-ring (bicyclic) bond motifs is 1. The van der Waals surface area contributed by atoms with E-state index in [4.69, 9.17) is 9.47 Å². The van der Waals surface area contributed by atoms with Crippen LogP contribution in [0, 0.1) is 0 Å². The Balaban J connectivity index is 1.81. The fourth-order valence-electron chi connectivity index (χ4n) is 2.16. The minimum Gasteiger partial charge on any atom is -0.506 e. The fraction of sp³-hybridized carbons (Fsp3) is 0.118. The van der Waals surface area contributed by atoms with E-state index in [2.05, 4.69) is 10.3 Å². The summed E-state index contributed by atoms with van der Waals surface area (Å²) >= 11 is 0. The minimum absolute atomic E-state index is 0.0207. The highest BCUT2D eigenvalue weighted by atomic mass is 16.5. The fourth-order valence-corrected chi connectivity index (χ4v) is 2.16. The van der Waals surface area contributed by atoms with Crippen molar-refractivity contribution < 1.29 is 19.4 Å². The lowest BCUT2D eigenvalue weighted by atomic mass is 10.2. The van der Waals surface area contributed by atoms with Crippen molar-refractivity contribution in [2.75, 3.05) is 6.61 Å².